The fraction of sp³-hybridized carbons (Fsp3) is 0.500. The zero-order chi connectivity index (χ0) is 8.81. The van der Waals surface area contributed by atoms with Gasteiger partial charge in [-0.15, -0.1) is 5.92 Å². The van der Waals surface area contributed by atoms with Gasteiger partial charge >= 0.3 is 0 Å². The lowest BCUT2D eigenvalue weighted by molar-refractivity contribution is 0.691. The highest BCUT2D eigenvalue weighted by Gasteiger charge is 1.95. The quantitative estimate of drug-likeness (QED) is 0.502. The summed E-state index contributed by atoms with van der Waals surface area (Å²) in [5, 5.41) is 7.21. The van der Waals surface area contributed by atoms with Crippen molar-refractivity contribution >= 4 is 0 Å². The Morgan fingerprint density at radius 3 is 3.08 bits per heavy atom. The van der Waals surface area contributed by atoms with Gasteiger partial charge in [0.25, 0.3) is 0 Å². The van der Waals surface area contributed by atoms with Crippen LogP contribution in [0.3, 0.4) is 0 Å². The molecular weight excluding hydrogens is 152 g/mol. The van der Waals surface area contributed by atoms with E-state index in [-0.39, 0.29) is 0 Å². The van der Waals surface area contributed by atoms with E-state index in [2.05, 4.69) is 27.2 Å². The summed E-state index contributed by atoms with van der Waals surface area (Å²) in [6.45, 7) is 3.19. The van der Waals surface area contributed by atoms with Crippen LogP contribution in [0.25, 0.3) is 0 Å². The van der Waals surface area contributed by atoms with Gasteiger partial charge in [0, 0.05) is 7.05 Å². The van der Waals surface area contributed by atoms with Crippen molar-refractivity contribution < 1.29 is 0 Å². The van der Waals surface area contributed by atoms with Crippen LogP contribution in [0.1, 0.15) is 12.7 Å². The molecular formula is C8H12N4. The van der Waals surface area contributed by atoms with Gasteiger partial charge in [0.1, 0.15) is 6.33 Å². The number of nitrogens with zero attached hydrogens (tertiary/aromatic N) is 3. The molecule has 1 aromatic rings. The highest BCUT2D eigenvalue weighted by Crippen LogP contribution is 1.85. The first kappa shape index (κ1) is 8.75. The molecule has 0 amide bonds. The summed E-state index contributed by atoms with van der Waals surface area (Å²) in [7, 11) is 1.85. The van der Waals surface area contributed by atoms with Gasteiger partial charge < -0.3 is 0 Å². The minimum atomic E-state index is 0.676. The molecule has 0 aliphatic heterocycles. The van der Waals surface area contributed by atoms with Crippen LogP contribution in [0.15, 0.2) is 6.33 Å². The van der Waals surface area contributed by atoms with Gasteiger partial charge in [-0.1, -0.05) is 5.92 Å². The summed E-state index contributed by atoms with van der Waals surface area (Å²) in [5.41, 5.74) is 0. The fourth-order valence-corrected chi connectivity index (χ4v) is 0.790. The van der Waals surface area contributed by atoms with E-state index in [0.29, 0.717) is 13.1 Å². The molecule has 1 heterocycles. The summed E-state index contributed by atoms with van der Waals surface area (Å²) in [5.74, 6) is 6.50. The van der Waals surface area contributed by atoms with Crippen molar-refractivity contribution in [2.45, 2.75) is 13.5 Å². The molecule has 0 spiro atoms. The lowest BCUT2D eigenvalue weighted by Crippen LogP contribution is -2.14. The van der Waals surface area contributed by atoms with Gasteiger partial charge in [-0.05, 0) is 6.92 Å². The Morgan fingerprint density at radius 2 is 2.50 bits per heavy atom. The second-order valence-electron chi connectivity index (χ2n) is 2.36. The molecule has 0 bridgehead atoms. The Balaban J connectivity index is 2.27. The summed E-state index contributed by atoms with van der Waals surface area (Å²) < 4.78 is 1.68. The lowest BCUT2D eigenvalue weighted by atomic mass is 10.5. The van der Waals surface area contributed by atoms with Crippen molar-refractivity contribution in [2.75, 3.05) is 6.54 Å². The smallest absolute Gasteiger partial charge is 0.164 e. The molecule has 0 aromatic carbocycles. The SMILES string of the molecule is CC#CCNCc1ncn(C)n1. The van der Waals surface area contributed by atoms with E-state index in [9.17, 15) is 0 Å². The zero-order valence-corrected chi connectivity index (χ0v) is 7.33. The van der Waals surface area contributed by atoms with Gasteiger partial charge in [0.15, 0.2) is 5.82 Å². The molecule has 1 rings (SSSR count). The first-order chi connectivity index (χ1) is 5.83. The number of rotatable bonds is 3. The number of hydrogen-bond acceptors (Lipinski definition) is 3. The molecule has 0 fully saturated rings. The first-order valence-electron chi connectivity index (χ1n) is 3.78. The molecule has 4 nitrogen and oxygen atoms in total. The summed E-state index contributed by atoms with van der Waals surface area (Å²) in [6.07, 6.45) is 1.68. The topological polar surface area (TPSA) is 42.7 Å². The molecule has 0 unspecified atom stereocenters. The normalized spacial score (nSPS) is 9.17. The van der Waals surface area contributed by atoms with Crippen molar-refractivity contribution in [3.8, 4) is 11.8 Å². The van der Waals surface area contributed by atoms with E-state index in [1.807, 2.05) is 14.0 Å². The second-order valence-corrected chi connectivity index (χ2v) is 2.36. The average molecular weight is 164 g/mol. The standard InChI is InChI=1S/C8H12N4/c1-3-4-5-9-6-8-10-7-12(2)11-8/h7,9H,5-6H2,1-2H3. The largest absolute Gasteiger partial charge is 0.299 e. The predicted molar refractivity (Wildman–Crippen MR) is 46.2 cm³/mol. The van der Waals surface area contributed by atoms with Crippen LogP contribution in [0.4, 0.5) is 0 Å². The monoisotopic (exact) mass is 164 g/mol. The van der Waals surface area contributed by atoms with Crippen LogP contribution >= 0.6 is 0 Å². The van der Waals surface area contributed by atoms with Crippen molar-refractivity contribution in [2.24, 2.45) is 7.05 Å². The van der Waals surface area contributed by atoms with E-state index in [0.717, 1.165) is 5.82 Å². The molecule has 1 N–H and O–H groups in total. The molecule has 12 heavy (non-hydrogen) atoms. The predicted octanol–water partition coefficient (Wildman–Crippen LogP) is -0.0720. The Labute approximate surface area is 72.0 Å². The van der Waals surface area contributed by atoms with Gasteiger partial charge in [0.2, 0.25) is 0 Å². The Morgan fingerprint density at radius 1 is 1.67 bits per heavy atom. The summed E-state index contributed by atoms with van der Waals surface area (Å²) >= 11 is 0. The van der Waals surface area contributed by atoms with E-state index in [4.69, 9.17) is 0 Å². The maximum absolute atomic E-state index is 4.10. The van der Waals surface area contributed by atoms with E-state index in [1.165, 1.54) is 0 Å². The van der Waals surface area contributed by atoms with E-state index in [1.54, 1.807) is 11.0 Å². The van der Waals surface area contributed by atoms with Crippen molar-refractivity contribution in [1.29, 1.82) is 0 Å². The average Bonchev–Trinajstić information content (AvgIpc) is 2.45. The van der Waals surface area contributed by atoms with Gasteiger partial charge in [-0.3, -0.25) is 10.00 Å². The molecule has 0 atom stereocenters. The third-order valence-electron chi connectivity index (χ3n) is 1.32. The lowest BCUT2D eigenvalue weighted by Gasteiger charge is -1.93. The maximum atomic E-state index is 4.10. The first-order valence-corrected chi connectivity index (χ1v) is 3.78. The third-order valence-corrected chi connectivity index (χ3v) is 1.32. The Kier molecular flexibility index (Phi) is 3.30. The van der Waals surface area contributed by atoms with Crippen molar-refractivity contribution in [3.05, 3.63) is 12.2 Å². The second kappa shape index (κ2) is 4.52. The third kappa shape index (κ3) is 2.72. The highest BCUT2D eigenvalue weighted by molar-refractivity contribution is 4.97. The Hall–Kier alpha value is -1.34. The highest BCUT2D eigenvalue weighted by atomic mass is 15.3. The van der Waals surface area contributed by atoms with Gasteiger partial charge in [-0.25, -0.2) is 4.98 Å². The molecule has 0 saturated carbocycles. The number of nitrogens with one attached hydrogen (secondary N) is 1. The Bertz CT molecular complexity index is 291. The molecule has 0 aliphatic rings. The maximum Gasteiger partial charge on any atom is 0.164 e. The molecule has 0 aliphatic carbocycles. The summed E-state index contributed by atoms with van der Waals surface area (Å²) in [4.78, 5) is 4.05. The number of aromatic nitrogens is 3. The molecule has 1 aromatic heterocycles. The van der Waals surface area contributed by atoms with Crippen molar-refractivity contribution in [1.82, 2.24) is 20.1 Å². The number of hydrogen-bond donors (Lipinski definition) is 1. The van der Waals surface area contributed by atoms with Crippen LogP contribution in [0.2, 0.25) is 0 Å². The minimum Gasteiger partial charge on any atom is -0.299 e. The van der Waals surface area contributed by atoms with Crippen LogP contribution in [-0.4, -0.2) is 21.3 Å². The van der Waals surface area contributed by atoms with Crippen LogP contribution < -0.4 is 5.32 Å². The van der Waals surface area contributed by atoms with Gasteiger partial charge in [-0.2, -0.15) is 5.10 Å². The molecule has 64 valence electrons. The molecule has 0 saturated heterocycles. The number of aryl methyl sites for hydroxylation is 1. The van der Waals surface area contributed by atoms with E-state index >= 15 is 0 Å². The van der Waals surface area contributed by atoms with Crippen LogP contribution in [-0.2, 0) is 13.6 Å². The summed E-state index contributed by atoms with van der Waals surface area (Å²) in [6, 6.07) is 0. The van der Waals surface area contributed by atoms with Gasteiger partial charge in [0.05, 0.1) is 13.1 Å². The zero-order valence-electron chi connectivity index (χ0n) is 7.33. The molecule has 0 radical (unpaired) electrons. The van der Waals surface area contributed by atoms with Crippen LogP contribution in [0.5, 0.6) is 0 Å². The van der Waals surface area contributed by atoms with Crippen molar-refractivity contribution in [3.63, 3.8) is 0 Å². The fourth-order valence-electron chi connectivity index (χ4n) is 0.790. The van der Waals surface area contributed by atoms with Crippen LogP contribution in [0, 0.1) is 11.8 Å². The minimum absolute atomic E-state index is 0.676. The van der Waals surface area contributed by atoms with E-state index < -0.39 is 0 Å². The molecule has 4 heteroatoms.